The lowest BCUT2D eigenvalue weighted by atomic mass is 9.84. The van der Waals surface area contributed by atoms with E-state index in [1.807, 2.05) is 0 Å². The van der Waals surface area contributed by atoms with Crippen LogP contribution in [0, 0.1) is 11.3 Å². The van der Waals surface area contributed by atoms with Gasteiger partial charge in [-0.2, -0.15) is 0 Å². The summed E-state index contributed by atoms with van der Waals surface area (Å²) in [6.07, 6.45) is 4.34. The summed E-state index contributed by atoms with van der Waals surface area (Å²) in [6, 6.07) is 8.69. The Kier molecular flexibility index (Phi) is 11.6. The van der Waals surface area contributed by atoms with Crippen LogP contribution in [0.3, 0.4) is 0 Å². The first-order valence-electron chi connectivity index (χ1n) is 11.6. The van der Waals surface area contributed by atoms with Gasteiger partial charge in [0.05, 0.1) is 13.2 Å². The van der Waals surface area contributed by atoms with Gasteiger partial charge in [-0.15, -0.1) is 24.0 Å². The van der Waals surface area contributed by atoms with Crippen molar-refractivity contribution in [1.29, 1.82) is 0 Å². The second-order valence-corrected chi connectivity index (χ2v) is 9.05. The number of hydrogen-bond acceptors (Lipinski definition) is 4. The molecule has 0 spiro atoms. The largest absolute Gasteiger partial charge is 0.396 e. The van der Waals surface area contributed by atoms with E-state index < -0.39 is 0 Å². The van der Waals surface area contributed by atoms with Crippen LogP contribution in [-0.2, 0) is 17.8 Å². The van der Waals surface area contributed by atoms with Gasteiger partial charge in [0, 0.05) is 38.3 Å². The average molecular weight is 545 g/mol. The Morgan fingerprint density at radius 3 is 2.61 bits per heavy atom. The first-order chi connectivity index (χ1) is 14.6. The predicted molar refractivity (Wildman–Crippen MR) is 138 cm³/mol. The number of nitrogens with zero attached hydrogens (tertiary/aromatic N) is 2. The number of hydrogen-bond donors (Lipinski definition) is 3. The van der Waals surface area contributed by atoms with Gasteiger partial charge in [0.1, 0.15) is 0 Å². The quantitative estimate of drug-likeness (QED) is 0.253. The van der Waals surface area contributed by atoms with E-state index in [-0.39, 0.29) is 36.0 Å². The molecule has 1 atom stereocenters. The predicted octanol–water partition coefficient (Wildman–Crippen LogP) is 3.38. The third-order valence-electron chi connectivity index (χ3n) is 6.60. The first-order valence-corrected chi connectivity index (χ1v) is 11.6. The number of aliphatic hydroxyl groups is 1. The van der Waals surface area contributed by atoms with Gasteiger partial charge in [-0.1, -0.05) is 31.2 Å². The van der Waals surface area contributed by atoms with Gasteiger partial charge in [0.2, 0.25) is 0 Å². The van der Waals surface area contributed by atoms with Crippen molar-refractivity contribution in [2.45, 2.75) is 52.6 Å². The lowest BCUT2D eigenvalue weighted by Gasteiger charge is -2.30. The third-order valence-corrected chi connectivity index (χ3v) is 6.60. The van der Waals surface area contributed by atoms with Crippen LogP contribution in [-0.4, -0.2) is 62.0 Å². The van der Waals surface area contributed by atoms with Crippen molar-refractivity contribution >= 4 is 29.9 Å². The summed E-state index contributed by atoms with van der Waals surface area (Å²) in [6.45, 7) is 11.8. The van der Waals surface area contributed by atoms with Crippen LogP contribution in [0.4, 0.5) is 0 Å². The zero-order valence-corrected chi connectivity index (χ0v) is 21.6. The highest BCUT2D eigenvalue weighted by atomic mass is 127. The molecule has 7 heteroatoms. The molecule has 0 radical (unpaired) electrons. The van der Waals surface area contributed by atoms with Crippen molar-refractivity contribution in [3.05, 3.63) is 35.4 Å². The van der Waals surface area contributed by atoms with Gasteiger partial charge < -0.3 is 20.5 Å². The number of aliphatic hydroxyl groups excluding tert-OH is 1. The Morgan fingerprint density at radius 2 is 1.97 bits per heavy atom. The molecule has 31 heavy (non-hydrogen) atoms. The number of aliphatic imine (C=N–C) groups is 1. The number of benzene rings is 1. The summed E-state index contributed by atoms with van der Waals surface area (Å²) in [7, 11) is 0. The Bertz CT molecular complexity index is 671. The van der Waals surface area contributed by atoms with Crippen LogP contribution in [0.5, 0.6) is 0 Å². The van der Waals surface area contributed by atoms with Gasteiger partial charge in [-0.3, -0.25) is 4.90 Å². The van der Waals surface area contributed by atoms with E-state index in [2.05, 4.69) is 53.6 Å². The van der Waals surface area contributed by atoms with E-state index in [4.69, 9.17) is 9.73 Å². The van der Waals surface area contributed by atoms with Gasteiger partial charge in [-0.05, 0) is 62.7 Å². The van der Waals surface area contributed by atoms with E-state index in [1.165, 1.54) is 37.1 Å². The SMILES string of the molecule is CCNC(=NCc1ccccc1CN1CCC(C)CC1)NCC1(CCO)CCOC1.I. The topological polar surface area (TPSA) is 69.1 Å². The molecule has 3 N–H and O–H groups in total. The fourth-order valence-corrected chi connectivity index (χ4v) is 4.42. The maximum Gasteiger partial charge on any atom is 0.191 e. The second kappa shape index (κ2) is 13.6. The van der Waals surface area contributed by atoms with E-state index in [0.717, 1.165) is 51.0 Å². The molecule has 0 amide bonds. The molecule has 6 nitrogen and oxygen atoms in total. The van der Waals surface area contributed by atoms with Crippen molar-refractivity contribution in [3.8, 4) is 0 Å². The summed E-state index contributed by atoms with van der Waals surface area (Å²) in [4.78, 5) is 7.45. The minimum Gasteiger partial charge on any atom is -0.396 e. The van der Waals surface area contributed by atoms with E-state index in [0.29, 0.717) is 13.2 Å². The molecule has 2 saturated heterocycles. The zero-order valence-electron chi connectivity index (χ0n) is 19.2. The molecule has 0 aliphatic carbocycles. The molecule has 1 unspecified atom stereocenters. The van der Waals surface area contributed by atoms with Crippen LogP contribution >= 0.6 is 24.0 Å². The Balaban J connectivity index is 0.00000341. The molecule has 2 aliphatic heterocycles. The van der Waals surface area contributed by atoms with Crippen LogP contribution in [0.2, 0.25) is 0 Å². The standard InChI is InChI=1S/C24H40N4O2.HI/c1-3-25-23(27-18-24(10-14-29)11-15-30-19-24)26-16-21-6-4-5-7-22(21)17-28-12-8-20(2)9-13-28;/h4-7,20,29H,3,8-19H2,1-2H3,(H2,25,26,27);1H. The third kappa shape index (κ3) is 8.18. The summed E-state index contributed by atoms with van der Waals surface area (Å²) in [5, 5.41) is 16.3. The molecular weight excluding hydrogens is 503 g/mol. The van der Waals surface area contributed by atoms with Gasteiger partial charge >= 0.3 is 0 Å². The van der Waals surface area contributed by atoms with E-state index in [9.17, 15) is 5.11 Å². The number of likely N-dealkylation sites (tertiary alicyclic amines) is 1. The summed E-state index contributed by atoms with van der Waals surface area (Å²) < 4.78 is 5.61. The molecule has 2 aliphatic rings. The van der Waals surface area contributed by atoms with Crippen LogP contribution in [0.15, 0.2) is 29.3 Å². The molecule has 2 fully saturated rings. The molecule has 0 saturated carbocycles. The normalized spacial score (nSPS) is 22.9. The summed E-state index contributed by atoms with van der Waals surface area (Å²) in [5.41, 5.74) is 2.68. The molecule has 1 aromatic rings. The minimum atomic E-state index is 0. The Hall–Kier alpha value is -0.900. The van der Waals surface area contributed by atoms with Crippen molar-refractivity contribution in [2.24, 2.45) is 16.3 Å². The molecule has 3 rings (SSSR count). The lowest BCUT2D eigenvalue weighted by Crippen LogP contribution is -2.44. The highest BCUT2D eigenvalue weighted by Crippen LogP contribution is 2.31. The number of piperidine rings is 1. The van der Waals surface area contributed by atoms with E-state index >= 15 is 0 Å². The first kappa shape index (κ1) is 26.4. The van der Waals surface area contributed by atoms with Crippen molar-refractivity contribution in [3.63, 3.8) is 0 Å². The fraction of sp³-hybridized carbons (Fsp3) is 0.708. The number of rotatable bonds is 9. The zero-order chi connectivity index (χ0) is 21.2. The average Bonchev–Trinajstić information content (AvgIpc) is 3.22. The molecule has 0 bridgehead atoms. The van der Waals surface area contributed by atoms with Crippen LogP contribution in [0.1, 0.15) is 50.7 Å². The van der Waals surface area contributed by atoms with Crippen molar-refractivity contribution in [1.82, 2.24) is 15.5 Å². The second-order valence-electron chi connectivity index (χ2n) is 9.05. The molecule has 176 valence electrons. The highest BCUT2D eigenvalue weighted by Gasteiger charge is 2.34. The maximum absolute atomic E-state index is 9.46. The maximum atomic E-state index is 9.46. The van der Waals surface area contributed by atoms with Crippen molar-refractivity contribution in [2.75, 3.05) is 46.0 Å². The molecule has 2 heterocycles. The highest BCUT2D eigenvalue weighted by molar-refractivity contribution is 14.0. The molecule has 1 aromatic carbocycles. The van der Waals surface area contributed by atoms with Gasteiger partial charge in [0.25, 0.3) is 0 Å². The van der Waals surface area contributed by atoms with Crippen LogP contribution < -0.4 is 10.6 Å². The summed E-state index contributed by atoms with van der Waals surface area (Å²) in [5.74, 6) is 1.69. The van der Waals surface area contributed by atoms with Crippen molar-refractivity contribution < 1.29 is 9.84 Å². The molecule has 0 aromatic heterocycles. The van der Waals surface area contributed by atoms with Gasteiger partial charge in [-0.25, -0.2) is 4.99 Å². The monoisotopic (exact) mass is 544 g/mol. The number of nitrogens with one attached hydrogen (secondary N) is 2. The Morgan fingerprint density at radius 1 is 1.23 bits per heavy atom. The Labute approximate surface area is 205 Å². The fourth-order valence-electron chi connectivity index (χ4n) is 4.42. The molecular formula is C24H41IN4O2. The smallest absolute Gasteiger partial charge is 0.191 e. The number of guanidine groups is 1. The van der Waals surface area contributed by atoms with Crippen LogP contribution in [0.25, 0.3) is 0 Å². The lowest BCUT2D eigenvalue weighted by molar-refractivity contribution is 0.127. The summed E-state index contributed by atoms with van der Waals surface area (Å²) >= 11 is 0. The number of ether oxygens (including phenoxy) is 1. The van der Waals surface area contributed by atoms with E-state index in [1.54, 1.807) is 0 Å². The minimum absolute atomic E-state index is 0. The van der Waals surface area contributed by atoms with Gasteiger partial charge in [0.15, 0.2) is 5.96 Å². The number of halogens is 1.